The largest absolute Gasteiger partial charge is 0.265 e. The summed E-state index contributed by atoms with van der Waals surface area (Å²) in [6.07, 6.45) is 6.67. The maximum atomic E-state index is 13.4. The van der Waals surface area contributed by atoms with E-state index in [2.05, 4.69) is 9.97 Å². The van der Waals surface area contributed by atoms with Crippen LogP contribution in [-0.2, 0) is 14.3 Å². The second kappa shape index (κ2) is 7.72. The van der Waals surface area contributed by atoms with Crippen molar-refractivity contribution in [2.45, 2.75) is 12.0 Å². The summed E-state index contributed by atoms with van der Waals surface area (Å²) in [4.78, 5) is 8.26. The Morgan fingerprint density at radius 3 is 1.85 bits per heavy atom. The fourth-order valence-electron chi connectivity index (χ4n) is 2.81. The van der Waals surface area contributed by atoms with E-state index in [1.807, 2.05) is 12.1 Å². The molecule has 1 aromatic carbocycles. The minimum absolute atomic E-state index is 0.411. The molecular formula is C19H17FN2O3S. The van der Waals surface area contributed by atoms with Crippen molar-refractivity contribution in [1.29, 1.82) is 0 Å². The fourth-order valence-corrected chi connectivity index (χ4v) is 3.41. The molecule has 0 aliphatic carbocycles. The minimum atomic E-state index is -3.78. The molecule has 5 nitrogen and oxygen atoms in total. The number of hydrogen-bond acceptors (Lipinski definition) is 5. The van der Waals surface area contributed by atoms with Crippen LogP contribution in [0.2, 0.25) is 0 Å². The SMILES string of the molecule is CS(=O)(=O)OC(c1ccc(F)cc1)C(c1cccnc1)c1cccnc1. The lowest BCUT2D eigenvalue weighted by Gasteiger charge is -2.27. The van der Waals surface area contributed by atoms with Gasteiger partial charge in [0, 0.05) is 30.7 Å². The van der Waals surface area contributed by atoms with Crippen LogP contribution in [0.5, 0.6) is 0 Å². The Morgan fingerprint density at radius 2 is 1.42 bits per heavy atom. The van der Waals surface area contributed by atoms with Gasteiger partial charge in [-0.3, -0.25) is 14.2 Å². The van der Waals surface area contributed by atoms with Crippen LogP contribution in [0.1, 0.15) is 28.7 Å². The number of nitrogens with zero attached hydrogens (tertiary/aromatic N) is 2. The molecule has 3 rings (SSSR count). The quantitative estimate of drug-likeness (QED) is 0.620. The average molecular weight is 372 g/mol. The van der Waals surface area contributed by atoms with E-state index in [0.717, 1.165) is 17.4 Å². The summed E-state index contributed by atoms with van der Waals surface area (Å²) in [5, 5.41) is 0. The van der Waals surface area contributed by atoms with Gasteiger partial charge in [-0.25, -0.2) is 4.39 Å². The van der Waals surface area contributed by atoms with Crippen LogP contribution >= 0.6 is 0 Å². The highest BCUT2D eigenvalue weighted by molar-refractivity contribution is 7.86. The van der Waals surface area contributed by atoms with E-state index >= 15 is 0 Å². The fraction of sp³-hybridized carbons (Fsp3) is 0.158. The molecule has 0 aliphatic heterocycles. The summed E-state index contributed by atoms with van der Waals surface area (Å²) in [6.45, 7) is 0. The van der Waals surface area contributed by atoms with Gasteiger partial charge in [-0.1, -0.05) is 24.3 Å². The first kappa shape index (κ1) is 18.2. The van der Waals surface area contributed by atoms with Crippen molar-refractivity contribution < 1.29 is 17.0 Å². The third-order valence-corrected chi connectivity index (χ3v) is 4.42. The zero-order chi connectivity index (χ0) is 18.6. The van der Waals surface area contributed by atoms with Gasteiger partial charge in [-0.15, -0.1) is 0 Å². The van der Waals surface area contributed by atoms with Crippen molar-refractivity contribution in [3.05, 3.63) is 95.8 Å². The second-order valence-corrected chi connectivity index (χ2v) is 7.42. The van der Waals surface area contributed by atoms with Crippen LogP contribution < -0.4 is 0 Å². The summed E-state index contributed by atoms with van der Waals surface area (Å²) in [5.41, 5.74) is 2.06. The van der Waals surface area contributed by atoms with Gasteiger partial charge in [0.15, 0.2) is 0 Å². The van der Waals surface area contributed by atoms with Crippen molar-refractivity contribution in [2.24, 2.45) is 0 Å². The first-order valence-electron chi connectivity index (χ1n) is 7.87. The van der Waals surface area contributed by atoms with Gasteiger partial charge in [0.05, 0.1) is 6.26 Å². The number of hydrogen-bond donors (Lipinski definition) is 0. The minimum Gasteiger partial charge on any atom is -0.264 e. The summed E-state index contributed by atoms with van der Waals surface area (Å²) in [7, 11) is -3.78. The van der Waals surface area contributed by atoms with E-state index in [4.69, 9.17) is 4.18 Å². The highest BCUT2D eigenvalue weighted by atomic mass is 32.2. The van der Waals surface area contributed by atoms with E-state index in [-0.39, 0.29) is 0 Å². The van der Waals surface area contributed by atoms with Gasteiger partial charge < -0.3 is 0 Å². The maximum Gasteiger partial charge on any atom is 0.265 e. The molecule has 0 aliphatic rings. The molecule has 2 aromatic heterocycles. The van der Waals surface area contributed by atoms with Crippen molar-refractivity contribution in [2.75, 3.05) is 6.26 Å². The predicted octanol–water partition coefficient (Wildman–Crippen LogP) is 3.47. The molecule has 0 N–H and O–H groups in total. The van der Waals surface area contributed by atoms with Gasteiger partial charge in [0.1, 0.15) is 11.9 Å². The summed E-state index contributed by atoms with van der Waals surface area (Å²) in [6, 6.07) is 12.8. The smallest absolute Gasteiger partial charge is 0.264 e. The Hall–Kier alpha value is -2.64. The molecule has 2 heterocycles. The van der Waals surface area contributed by atoms with Gasteiger partial charge >= 0.3 is 0 Å². The van der Waals surface area contributed by atoms with Gasteiger partial charge in [0.2, 0.25) is 0 Å². The van der Waals surface area contributed by atoms with Crippen molar-refractivity contribution in [3.63, 3.8) is 0 Å². The average Bonchev–Trinajstić information content (AvgIpc) is 2.63. The normalized spacial score (nSPS) is 12.9. The molecule has 0 bridgehead atoms. The molecule has 7 heteroatoms. The first-order chi connectivity index (χ1) is 12.4. The van der Waals surface area contributed by atoms with Gasteiger partial charge in [0.25, 0.3) is 10.1 Å². The molecule has 0 amide bonds. The van der Waals surface area contributed by atoms with E-state index in [0.29, 0.717) is 5.56 Å². The highest BCUT2D eigenvalue weighted by Gasteiger charge is 2.31. The van der Waals surface area contributed by atoms with Gasteiger partial charge in [-0.05, 0) is 41.0 Å². The Bertz CT molecular complexity index is 910. The van der Waals surface area contributed by atoms with Crippen LogP contribution in [0, 0.1) is 5.82 Å². The van der Waals surface area contributed by atoms with Crippen LogP contribution in [0.25, 0.3) is 0 Å². The van der Waals surface area contributed by atoms with Crippen molar-refractivity contribution in [1.82, 2.24) is 9.97 Å². The van der Waals surface area contributed by atoms with E-state index in [1.54, 1.807) is 36.9 Å². The Morgan fingerprint density at radius 1 is 0.885 bits per heavy atom. The molecular weight excluding hydrogens is 355 g/mol. The van der Waals surface area contributed by atoms with Crippen molar-refractivity contribution >= 4 is 10.1 Å². The molecule has 3 aromatic rings. The first-order valence-corrected chi connectivity index (χ1v) is 9.69. The lowest BCUT2D eigenvalue weighted by molar-refractivity contribution is 0.196. The standard InChI is InChI=1S/C19H17FN2O3S/c1-26(23,24)25-19(14-6-8-17(20)9-7-14)18(15-4-2-10-21-12-15)16-5-3-11-22-13-16/h2-13,18-19H,1H3. The molecule has 1 atom stereocenters. The van der Waals surface area contributed by atoms with E-state index < -0.39 is 28.0 Å². The van der Waals surface area contributed by atoms with Crippen molar-refractivity contribution in [3.8, 4) is 0 Å². The highest BCUT2D eigenvalue weighted by Crippen LogP contribution is 2.39. The summed E-state index contributed by atoms with van der Waals surface area (Å²) < 4.78 is 42.6. The molecule has 0 saturated carbocycles. The second-order valence-electron chi connectivity index (χ2n) is 5.82. The molecule has 134 valence electrons. The van der Waals surface area contributed by atoms with Crippen LogP contribution in [-0.4, -0.2) is 24.6 Å². The molecule has 1 unspecified atom stereocenters. The molecule has 0 fully saturated rings. The predicted molar refractivity (Wildman–Crippen MR) is 95.4 cm³/mol. The summed E-state index contributed by atoms with van der Waals surface area (Å²) >= 11 is 0. The Labute approximate surface area is 151 Å². The third kappa shape index (κ3) is 4.50. The summed E-state index contributed by atoms with van der Waals surface area (Å²) in [5.74, 6) is -0.899. The molecule has 26 heavy (non-hydrogen) atoms. The molecule has 0 radical (unpaired) electrons. The zero-order valence-corrected chi connectivity index (χ0v) is 14.8. The Balaban J connectivity index is 2.16. The lowest BCUT2D eigenvalue weighted by atomic mass is 9.85. The molecule has 0 saturated heterocycles. The van der Waals surface area contributed by atoms with Crippen LogP contribution in [0.4, 0.5) is 4.39 Å². The number of aromatic nitrogens is 2. The maximum absolute atomic E-state index is 13.4. The number of benzene rings is 1. The topological polar surface area (TPSA) is 69.2 Å². The number of pyridine rings is 2. The molecule has 0 spiro atoms. The Kier molecular flexibility index (Phi) is 5.39. The van der Waals surface area contributed by atoms with E-state index in [9.17, 15) is 12.8 Å². The monoisotopic (exact) mass is 372 g/mol. The van der Waals surface area contributed by atoms with Gasteiger partial charge in [-0.2, -0.15) is 8.42 Å². The zero-order valence-electron chi connectivity index (χ0n) is 14.0. The number of halogens is 1. The third-order valence-electron chi connectivity index (χ3n) is 3.87. The number of rotatable bonds is 6. The van der Waals surface area contributed by atoms with Crippen LogP contribution in [0.3, 0.4) is 0 Å². The van der Waals surface area contributed by atoms with Crippen LogP contribution in [0.15, 0.2) is 73.3 Å². The van der Waals surface area contributed by atoms with E-state index in [1.165, 1.54) is 24.3 Å². The lowest BCUT2D eigenvalue weighted by Crippen LogP contribution is -2.19.